The van der Waals surface area contributed by atoms with Gasteiger partial charge in [-0.25, -0.2) is 4.79 Å². The molecule has 1 atom stereocenters. The number of carboxylic acid groups (broad SMARTS) is 1. The second-order valence-electron chi connectivity index (χ2n) is 4.62. The topological polar surface area (TPSA) is 75.6 Å². The van der Waals surface area contributed by atoms with Crippen molar-refractivity contribution in [2.45, 2.75) is 45.8 Å². The van der Waals surface area contributed by atoms with Crippen molar-refractivity contribution in [1.82, 2.24) is 5.32 Å². The Balaban J connectivity index is 2.65. The van der Waals surface area contributed by atoms with Crippen LogP contribution in [-0.4, -0.2) is 29.1 Å². The minimum absolute atomic E-state index is 0.134. The summed E-state index contributed by atoms with van der Waals surface area (Å²) in [6.45, 7) is 5.66. The quantitative estimate of drug-likeness (QED) is 0.804. The standard InChI is InChI=1S/C15H21NO4/c1-4-12(5-2)16-14(17)10(3)20-13-8-6-7-11(9-13)15(18)19/h6-10,12H,4-5H2,1-3H3,(H,16,17)(H,18,19). The second-order valence-corrected chi connectivity index (χ2v) is 4.62. The van der Waals surface area contributed by atoms with Crippen LogP contribution in [0.1, 0.15) is 44.0 Å². The van der Waals surface area contributed by atoms with Crippen LogP contribution in [0.15, 0.2) is 24.3 Å². The lowest BCUT2D eigenvalue weighted by Gasteiger charge is -2.19. The number of amides is 1. The van der Waals surface area contributed by atoms with Crippen LogP contribution in [-0.2, 0) is 4.79 Å². The summed E-state index contributed by atoms with van der Waals surface area (Å²) in [6, 6.07) is 6.24. The van der Waals surface area contributed by atoms with Gasteiger partial charge in [0.25, 0.3) is 5.91 Å². The van der Waals surface area contributed by atoms with E-state index in [0.29, 0.717) is 5.75 Å². The molecule has 0 heterocycles. The van der Waals surface area contributed by atoms with Crippen LogP contribution in [0.25, 0.3) is 0 Å². The van der Waals surface area contributed by atoms with Crippen molar-refractivity contribution in [3.8, 4) is 5.75 Å². The molecule has 0 saturated carbocycles. The number of carbonyl (C=O) groups is 2. The second kappa shape index (κ2) is 7.53. The molecule has 110 valence electrons. The first-order valence-corrected chi connectivity index (χ1v) is 6.78. The monoisotopic (exact) mass is 279 g/mol. The number of ether oxygens (including phenoxy) is 1. The van der Waals surface area contributed by atoms with Gasteiger partial charge in [-0.2, -0.15) is 0 Å². The Hall–Kier alpha value is -2.04. The highest BCUT2D eigenvalue weighted by Gasteiger charge is 2.17. The molecule has 5 nitrogen and oxygen atoms in total. The molecule has 0 saturated heterocycles. The molecule has 0 fully saturated rings. The van der Waals surface area contributed by atoms with Crippen molar-refractivity contribution in [2.24, 2.45) is 0 Å². The molecular weight excluding hydrogens is 258 g/mol. The van der Waals surface area contributed by atoms with Gasteiger partial charge in [-0.15, -0.1) is 0 Å². The van der Waals surface area contributed by atoms with Gasteiger partial charge in [0.2, 0.25) is 0 Å². The van der Waals surface area contributed by atoms with Crippen molar-refractivity contribution in [3.63, 3.8) is 0 Å². The predicted octanol–water partition coefficient (Wildman–Crippen LogP) is 2.46. The van der Waals surface area contributed by atoms with Gasteiger partial charge >= 0.3 is 5.97 Å². The maximum absolute atomic E-state index is 11.9. The maximum Gasteiger partial charge on any atom is 0.335 e. The Morgan fingerprint density at radius 3 is 2.50 bits per heavy atom. The van der Waals surface area contributed by atoms with Crippen LogP contribution in [0.2, 0.25) is 0 Å². The molecule has 0 spiro atoms. The number of carboxylic acids is 1. The van der Waals surface area contributed by atoms with Crippen molar-refractivity contribution >= 4 is 11.9 Å². The zero-order valence-corrected chi connectivity index (χ0v) is 12.1. The van der Waals surface area contributed by atoms with Gasteiger partial charge in [-0.1, -0.05) is 19.9 Å². The number of hydrogen-bond donors (Lipinski definition) is 2. The van der Waals surface area contributed by atoms with Crippen molar-refractivity contribution in [3.05, 3.63) is 29.8 Å². The summed E-state index contributed by atoms with van der Waals surface area (Å²) in [5, 5.41) is 11.8. The summed E-state index contributed by atoms with van der Waals surface area (Å²) in [5.74, 6) is -0.846. The fourth-order valence-electron chi connectivity index (χ4n) is 1.77. The zero-order chi connectivity index (χ0) is 15.1. The molecule has 0 aliphatic carbocycles. The summed E-state index contributed by atoms with van der Waals surface area (Å²) < 4.78 is 5.48. The zero-order valence-electron chi connectivity index (χ0n) is 12.1. The highest BCUT2D eigenvalue weighted by atomic mass is 16.5. The minimum Gasteiger partial charge on any atom is -0.481 e. The van der Waals surface area contributed by atoms with Gasteiger partial charge in [-0.3, -0.25) is 4.79 Å². The largest absolute Gasteiger partial charge is 0.481 e. The van der Waals surface area contributed by atoms with Gasteiger partial charge in [0.15, 0.2) is 6.10 Å². The first kappa shape index (κ1) is 16.0. The third-order valence-electron chi connectivity index (χ3n) is 3.10. The highest BCUT2D eigenvalue weighted by molar-refractivity contribution is 5.88. The summed E-state index contributed by atoms with van der Waals surface area (Å²) in [7, 11) is 0. The van der Waals surface area contributed by atoms with E-state index in [1.807, 2.05) is 13.8 Å². The number of benzene rings is 1. The molecule has 0 bridgehead atoms. The number of nitrogens with one attached hydrogen (secondary N) is 1. The van der Waals surface area contributed by atoms with Crippen LogP contribution in [0, 0.1) is 0 Å². The van der Waals surface area contributed by atoms with E-state index >= 15 is 0 Å². The molecule has 5 heteroatoms. The van der Waals surface area contributed by atoms with E-state index in [1.54, 1.807) is 19.1 Å². The van der Waals surface area contributed by atoms with Crippen molar-refractivity contribution in [2.75, 3.05) is 0 Å². The number of aromatic carboxylic acids is 1. The van der Waals surface area contributed by atoms with Crippen molar-refractivity contribution in [1.29, 1.82) is 0 Å². The summed E-state index contributed by atoms with van der Waals surface area (Å²) in [4.78, 5) is 22.8. The molecule has 0 aliphatic rings. The molecule has 20 heavy (non-hydrogen) atoms. The molecule has 1 aromatic rings. The van der Waals surface area contributed by atoms with E-state index in [-0.39, 0.29) is 17.5 Å². The van der Waals surface area contributed by atoms with Crippen LogP contribution < -0.4 is 10.1 Å². The van der Waals surface area contributed by atoms with Crippen molar-refractivity contribution < 1.29 is 19.4 Å². The number of rotatable bonds is 7. The van der Waals surface area contributed by atoms with Crippen LogP contribution in [0.4, 0.5) is 0 Å². The highest BCUT2D eigenvalue weighted by Crippen LogP contribution is 2.15. The fraction of sp³-hybridized carbons (Fsp3) is 0.467. The molecular formula is C15H21NO4. The van der Waals surface area contributed by atoms with E-state index in [4.69, 9.17) is 9.84 Å². The normalized spacial score (nSPS) is 12.0. The van der Waals surface area contributed by atoms with E-state index in [0.717, 1.165) is 12.8 Å². The van der Waals surface area contributed by atoms with Crippen LogP contribution in [0.5, 0.6) is 5.75 Å². The van der Waals surface area contributed by atoms with Crippen LogP contribution >= 0.6 is 0 Å². The Morgan fingerprint density at radius 1 is 1.30 bits per heavy atom. The first-order chi connectivity index (χ1) is 9.47. The minimum atomic E-state index is -1.02. The lowest BCUT2D eigenvalue weighted by molar-refractivity contribution is -0.128. The summed E-state index contributed by atoms with van der Waals surface area (Å²) in [5.41, 5.74) is 0.134. The Bertz CT molecular complexity index is 469. The Morgan fingerprint density at radius 2 is 1.95 bits per heavy atom. The Kier molecular flexibility index (Phi) is 6.03. The molecule has 0 radical (unpaired) electrons. The van der Waals surface area contributed by atoms with E-state index in [2.05, 4.69) is 5.32 Å². The van der Waals surface area contributed by atoms with Crippen LogP contribution in [0.3, 0.4) is 0 Å². The number of carbonyl (C=O) groups excluding carboxylic acids is 1. The number of hydrogen-bond acceptors (Lipinski definition) is 3. The molecule has 0 aliphatic heterocycles. The molecule has 1 aromatic carbocycles. The molecule has 1 amide bonds. The molecule has 1 rings (SSSR count). The maximum atomic E-state index is 11.9. The molecule has 0 aromatic heterocycles. The van der Waals surface area contributed by atoms with Gasteiger partial charge in [0.1, 0.15) is 5.75 Å². The van der Waals surface area contributed by atoms with E-state index in [9.17, 15) is 9.59 Å². The van der Waals surface area contributed by atoms with Gasteiger partial charge in [-0.05, 0) is 38.0 Å². The average Bonchev–Trinajstić information content (AvgIpc) is 2.44. The molecule has 1 unspecified atom stereocenters. The summed E-state index contributed by atoms with van der Waals surface area (Å²) >= 11 is 0. The van der Waals surface area contributed by atoms with Gasteiger partial charge in [0, 0.05) is 6.04 Å². The summed E-state index contributed by atoms with van der Waals surface area (Å²) in [6.07, 6.45) is 1.06. The van der Waals surface area contributed by atoms with Gasteiger partial charge in [0.05, 0.1) is 5.56 Å². The van der Waals surface area contributed by atoms with E-state index < -0.39 is 12.1 Å². The molecule has 2 N–H and O–H groups in total. The lowest BCUT2D eigenvalue weighted by atomic mass is 10.1. The fourth-order valence-corrected chi connectivity index (χ4v) is 1.77. The Labute approximate surface area is 118 Å². The third-order valence-corrected chi connectivity index (χ3v) is 3.10. The average molecular weight is 279 g/mol. The smallest absolute Gasteiger partial charge is 0.335 e. The predicted molar refractivity (Wildman–Crippen MR) is 76.0 cm³/mol. The SMILES string of the molecule is CCC(CC)NC(=O)C(C)Oc1cccc(C(=O)O)c1. The lowest BCUT2D eigenvalue weighted by Crippen LogP contribution is -2.42. The van der Waals surface area contributed by atoms with Gasteiger partial charge < -0.3 is 15.2 Å². The third kappa shape index (κ3) is 4.57. The van der Waals surface area contributed by atoms with E-state index in [1.165, 1.54) is 12.1 Å². The first-order valence-electron chi connectivity index (χ1n) is 6.78.